The molecule has 0 heterocycles. The molecule has 0 aliphatic carbocycles. The minimum atomic E-state index is -3.89. The Bertz CT molecular complexity index is 992. The molecule has 0 saturated carbocycles. The average molecular weight is 529 g/mol. The molecule has 0 radical (unpaired) electrons. The van der Waals surface area contributed by atoms with Gasteiger partial charge in [0.2, 0.25) is 0 Å². The third kappa shape index (κ3) is 10.8. The van der Waals surface area contributed by atoms with Crippen molar-refractivity contribution in [3.05, 3.63) is 53.6 Å². The van der Waals surface area contributed by atoms with E-state index in [0.717, 1.165) is 23.1 Å². The van der Waals surface area contributed by atoms with Crippen molar-refractivity contribution in [1.29, 1.82) is 0 Å². The Balaban J connectivity index is 2.11. The lowest BCUT2D eigenvalue weighted by molar-refractivity contribution is -0.147. The topological polar surface area (TPSA) is 99.1 Å². The molecule has 202 valence electrons. The van der Waals surface area contributed by atoms with Gasteiger partial charge in [0.05, 0.1) is 6.04 Å². The van der Waals surface area contributed by atoms with Crippen molar-refractivity contribution < 1.29 is 32.8 Å². The quantitative estimate of drug-likeness (QED) is 0.207. The number of rotatable bonds is 15. The number of unbranched alkanes of at least 4 members (excludes halogenated alkanes) is 5. The van der Waals surface area contributed by atoms with Crippen LogP contribution in [0.4, 0.5) is 0 Å². The number of aromatic hydroxyl groups is 1. The Kier molecular flexibility index (Phi) is 12.4. The van der Waals surface area contributed by atoms with Gasteiger partial charge in [0, 0.05) is 20.8 Å². The fourth-order valence-corrected chi connectivity index (χ4v) is 6.75. The third-order valence-electron chi connectivity index (χ3n) is 6.00. The van der Waals surface area contributed by atoms with Gasteiger partial charge >= 0.3 is 8.80 Å². The zero-order valence-corrected chi connectivity index (χ0v) is 23.5. The summed E-state index contributed by atoms with van der Waals surface area (Å²) < 4.78 is 15.8. The summed E-state index contributed by atoms with van der Waals surface area (Å²) in [5.74, 6) is -1.92. The van der Waals surface area contributed by atoms with Crippen molar-refractivity contribution >= 4 is 26.7 Å². The van der Waals surface area contributed by atoms with Crippen LogP contribution < -0.4 is 0 Å². The van der Waals surface area contributed by atoms with Crippen LogP contribution in [0.5, 0.6) is 5.75 Å². The van der Waals surface area contributed by atoms with E-state index in [4.69, 9.17) is 13.3 Å². The molecule has 0 spiro atoms. The van der Waals surface area contributed by atoms with E-state index in [-0.39, 0.29) is 11.8 Å². The van der Waals surface area contributed by atoms with E-state index < -0.39 is 26.7 Å². The van der Waals surface area contributed by atoms with Gasteiger partial charge in [0.25, 0.3) is 17.9 Å². The predicted molar refractivity (Wildman–Crippen MR) is 145 cm³/mol. The maximum Gasteiger partial charge on any atom is 0.705 e. The first-order valence-corrected chi connectivity index (χ1v) is 15.1. The Labute approximate surface area is 221 Å². The smallest absolute Gasteiger partial charge is 0.508 e. The highest BCUT2D eigenvalue weighted by Gasteiger charge is 2.51. The van der Waals surface area contributed by atoms with E-state index in [0.29, 0.717) is 12.8 Å². The summed E-state index contributed by atoms with van der Waals surface area (Å²) in [6, 6.07) is 13.8. The Hall–Kier alpha value is -3.13. The number of carbonyl (C=O) groups excluding carboxylic acids is 3. The van der Waals surface area contributed by atoms with Crippen LogP contribution in [0.1, 0.15) is 83.8 Å². The van der Waals surface area contributed by atoms with Crippen molar-refractivity contribution in [2.24, 2.45) is 0 Å². The molecule has 1 N–H and O–H groups in total. The molecule has 0 aliphatic rings. The van der Waals surface area contributed by atoms with Crippen molar-refractivity contribution in [3.63, 3.8) is 0 Å². The van der Waals surface area contributed by atoms with Crippen LogP contribution in [0.15, 0.2) is 42.5 Å². The normalized spacial score (nSPS) is 11.1. The van der Waals surface area contributed by atoms with Gasteiger partial charge in [-0.2, -0.15) is 0 Å². The summed E-state index contributed by atoms with van der Waals surface area (Å²) in [5.41, 5.74) is 4.20. The van der Waals surface area contributed by atoms with Crippen LogP contribution in [0.2, 0.25) is 6.04 Å². The van der Waals surface area contributed by atoms with E-state index >= 15 is 0 Å². The van der Waals surface area contributed by atoms with E-state index in [1.54, 1.807) is 12.1 Å². The minimum absolute atomic E-state index is 0.0814. The van der Waals surface area contributed by atoms with E-state index in [1.807, 2.05) is 6.07 Å². The molecular weight excluding hydrogens is 488 g/mol. The van der Waals surface area contributed by atoms with Gasteiger partial charge in [-0.05, 0) is 60.1 Å². The van der Waals surface area contributed by atoms with Crippen LogP contribution >= 0.6 is 0 Å². The molecule has 0 aliphatic heterocycles. The molecule has 0 saturated heterocycles. The van der Waals surface area contributed by atoms with Crippen LogP contribution in [0.25, 0.3) is 11.1 Å². The number of phenolic OH excluding ortho intramolecular Hbond substituents is 1. The summed E-state index contributed by atoms with van der Waals surface area (Å²) in [6.07, 6.45) is 9.57. The first-order valence-electron chi connectivity index (χ1n) is 13.1. The van der Waals surface area contributed by atoms with Gasteiger partial charge in [0.1, 0.15) is 5.75 Å². The van der Waals surface area contributed by atoms with Crippen LogP contribution in [-0.2, 0) is 40.5 Å². The molecule has 2 aromatic carbocycles. The maximum absolute atomic E-state index is 11.7. The summed E-state index contributed by atoms with van der Waals surface area (Å²) >= 11 is 0. The largest absolute Gasteiger partial charge is 0.705 e. The molecule has 0 fully saturated rings. The number of carbonyl (C=O) groups is 3. The lowest BCUT2D eigenvalue weighted by Crippen LogP contribution is -2.49. The number of hydrogen-bond donors (Lipinski definition) is 1. The van der Waals surface area contributed by atoms with Crippen molar-refractivity contribution in [3.8, 4) is 16.9 Å². The molecule has 0 atom stereocenters. The van der Waals surface area contributed by atoms with E-state index in [2.05, 4.69) is 31.2 Å². The number of phenols is 1. The fourth-order valence-electron chi connectivity index (χ4n) is 4.40. The number of benzene rings is 2. The fraction of sp³-hybridized carbons (Fsp3) is 0.483. The van der Waals surface area contributed by atoms with Gasteiger partial charge in [-0.15, -0.1) is 0 Å². The second kappa shape index (κ2) is 15.2. The van der Waals surface area contributed by atoms with Crippen molar-refractivity contribution in [2.75, 3.05) is 0 Å². The lowest BCUT2D eigenvalue weighted by Gasteiger charge is -2.26. The summed E-state index contributed by atoms with van der Waals surface area (Å²) in [7, 11) is -3.89. The molecule has 37 heavy (non-hydrogen) atoms. The van der Waals surface area contributed by atoms with Gasteiger partial charge in [-0.25, -0.2) is 0 Å². The number of hydrogen-bond acceptors (Lipinski definition) is 7. The third-order valence-corrected chi connectivity index (χ3v) is 8.76. The van der Waals surface area contributed by atoms with Gasteiger partial charge in [-0.1, -0.05) is 69.4 Å². The molecule has 2 aromatic rings. The van der Waals surface area contributed by atoms with E-state index in [1.165, 1.54) is 64.9 Å². The second-order valence-corrected chi connectivity index (χ2v) is 11.9. The van der Waals surface area contributed by atoms with Gasteiger partial charge < -0.3 is 18.4 Å². The zero-order chi connectivity index (χ0) is 27.3. The lowest BCUT2D eigenvalue weighted by atomic mass is 9.95. The molecule has 0 aromatic heterocycles. The van der Waals surface area contributed by atoms with Gasteiger partial charge in [-0.3, -0.25) is 14.4 Å². The Morgan fingerprint density at radius 2 is 1.30 bits per heavy atom. The van der Waals surface area contributed by atoms with Crippen LogP contribution in [-0.4, -0.2) is 31.8 Å². The monoisotopic (exact) mass is 528 g/mol. The Morgan fingerprint density at radius 3 is 1.86 bits per heavy atom. The SMILES string of the molecule is CCCCCCCCc1ccc(-c2ccc(O)cc2CCC[Si](OC(C)=O)(OC(C)=O)OC(C)=O)cc1. The maximum atomic E-state index is 11.7. The van der Waals surface area contributed by atoms with Crippen LogP contribution in [0.3, 0.4) is 0 Å². The predicted octanol–water partition coefficient (Wildman–Crippen LogP) is 6.52. The van der Waals surface area contributed by atoms with Crippen LogP contribution in [0, 0.1) is 0 Å². The molecule has 0 bridgehead atoms. The molecule has 2 rings (SSSR count). The molecule has 0 unspecified atom stereocenters. The zero-order valence-electron chi connectivity index (χ0n) is 22.5. The Morgan fingerprint density at radius 1 is 0.730 bits per heavy atom. The first-order chi connectivity index (χ1) is 17.6. The second-order valence-electron chi connectivity index (χ2n) is 9.37. The van der Waals surface area contributed by atoms with E-state index in [9.17, 15) is 19.5 Å². The summed E-state index contributed by atoms with van der Waals surface area (Å²) in [5, 5.41) is 10.1. The van der Waals surface area contributed by atoms with Gasteiger partial charge in [0.15, 0.2) is 0 Å². The highest BCUT2D eigenvalue weighted by atomic mass is 28.4. The molecule has 0 amide bonds. The van der Waals surface area contributed by atoms with Crippen molar-refractivity contribution in [1.82, 2.24) is 0 Å². The highest BCUT2D eigenvalue weighted by molar-refractivity contribution is 6.65. The van der Waals surface area contributed by atoms with Crippen molar-refractivity contribution in [2.45, 2.75) is 91.5 Å². The average Bonchev–Trinajstić information content (AvgIpc) is 2.80. The summed E-state index contributed by atoms with van der Waals surface area (Å²) in [4.78, 5) is 35.1. The standard InChI is InChI=1S/C29H40O7Si/c1-5-6-7-8-9-10-12-25-14-16-26(17-15-25)29-19-18-28(33)21-27(29)13-11-20-37(34-22(2)30,35-23(3)31)36-24(4)32/h14-19,21,33H,5-13,20H2,1-4H3. The highest BCUT2D eigenvalue weighted by Crippen LogP contribution is 2.30. The number of aryl methyl sites for hydroxylation is 2. The molecule has 7 nitrogen and oxygen atoms in total. The molecular formula is C29H40O7Si. The summed E-state index contributed by atoms with van der Waals surface area (Å²) in [6.45, 7) is 5.76. The first kappa shape index (κ1) is 30.1. The minimum Gasteiger partial charge on any atom is -0.508 e. The molecule has 8 heteroatoms.